The van der Waals surface area contributed by atoms with Crippen molar-refractivity contribution >= 4 is 28.8 Å². The van der Waals surface area contributed by atoms with Crippen LogP contribution in [0.2, 0.25) is 4.34 Å². The smallest absolute Gasteiger partial charge is 0.226 e. The molecule has 0 saturated heterocycles. The molecule has 0 radical (unpaired) electrons. The van der Waals surface area contributed by atoms with E-state index in [1.54, 1.807) is 6.08 Å². The van der Waals surface area contributed by atoms with E-state index in [2.05, 4.69) is 6.58 Å². The molecule has 104 valence electrons. The highest BCUT2D eigenvalue weighted by molar-refractivity contribution is 7.16. The van der Waals surface area contributed by atoms with Gasteiger partial charge in [-0.25, -0.2) is 0 Å². The Morgan fingerprint density at radius 3 is 2.89 bits per heavy atom. The third-order valence-electron chi connectivity index (χ3n) is 3.46. The predicted molar refractivity (Wildman–Crippen MR) is 80.3 cm³/mol. The summed E-state index contributed by atoms with van der Waals surface area (Å²) in [5, 5.41) is 0. The van der Waals surface area contributed by atoms with Gasteiger partial charge < -0.3 is 10.6 Å². The molecule has 3 nitrogen and oxygen atoms in total. The molecule has 0 unspecified atom stereocenters. The van der Waals surface area contributed by atoms with Gasteiger partial charge in [-0.3, -0.25) is 4.79 Å². The molecule has 1 amide bonds. The fraction of sp³-hybridized carbons (Fsp3) is 0.500. The van der Waals surface area contributed by atoms with Crippen molar-refractivity contribution in [2.45, 2.75) is 31.8 Å². The molecule has 5 heteroatoms. The summed E-state index contributed by atoms with van der Waals surface area (Å²) in [6.45, 7) is 4.90. The first-order valence-corrected chi connectivity index (χ1v) is 7.69. The van der Waals surface area contributed by atoms with Crippen molar-refractivity contribution in [3.8, 4) is 0 Å². The van der Waals surface area contributed by atoms with Crippen LogP contribution in [-0.4, -0.2) is 23.4 Å². The van der Waals surface area contributed by atoms with Gasteiger partial charge >= 0.3 is 0 Å². The molecule has 2 rings (SSSR count). The largest absolute Gasteiger partial charge is 0.334 e. The van der Waals surface area contributed by atoms with Gasteiger partial charge in [-0.15, -0.1) is 17.9 Å². The second-order valence-corrected chi connectivity index (χ2v) is 6.78. The summed E-state index contributed by atoms with van der Waals surface area (Å²) in [5.41, 5.74) is 5.89. The number of carbonyl (C=O) groups is 1. The number of nitrogens with two attached hydrogens (primary N) is 1. The zero-order valence-corrected chi connectivity index (χ0v) is 12.4. The van der Waals surface area contributed by atoms with Crippen molar-refractivity contribution in [3.05, 3.63) is 34.0 Å². The number of thiophene rings is 1. The van der Waals surface area contributed by atoms with Crippen molar-refractivity contribution in [1.29, 1.82) is 0 Å². The molecule has 0 bridgehead atoms. The highest BCUT2D eigenvalue weighted by atomic mass is 35.5. The van der Waals surface area contributed by atoms with Crippen LogP contribution in [0.3, 0.4) is 0 Å². The monoisotopic (exact) mass is 298 g/mol. The van der Waals surface area contributed by atoms with Crippen LogP contribution in [0.1, 0.15) is 24.1 Å². The molecule has 19 heavy (non-hydrogen) atoms. The topological polar surface area (TPSA) is 46.3 Å². The SMILES string of the molecule is C=CCN(Cc1ccc(Cl)s1)C(=O)[C@H]1CC[C@H](N)C1. The summed E-state index contributed by atoms with van der Waals surface area (Å²) in [5.74, 6) is 0.266. The van der Waals surface area contributed by atoms with Gasteiger partial charge in [0.1, 0.15) is 0 Å². The number of hydrogen-bond acceptors (Lipinski definition) is 3. The quantitative estimate of drug-likeness (QED) is 0.849. The summed E-state index contributed by atoms with van der Waals surface area (Å²) in [6, 6.07) is 4.01. The Kier molecular flexibility index (Phi) is 5.02. The highest BCUT2D eigenvalue weighted by Crippen LogP contribution is 2.28. The summed E-state index contributed by atoms with van der Waals surface area (Å²) >= 11 is 7.44. The van der Waals surface area contributed by atoms with E-state index in [1.807, 2.05) is 17.0 Å². The molecule has 1 aliphatic rings. The Balaban J connectivity index is 2.02. The molecule has 1 aliphatic carbocycles. The summed E-state index contributed by atoms with van der Waals surface area (Å²) < 4.78 is 0.754. The number of halogens is 1. The van der Waals surface area contributed by atoms with Gasteiger partial charge in [0.2, 0.25) is 5.91 Å². The molecule has 2 atom stereocenters. The standard InChI is InChI=1S/C14H19ClN2OS/c1-2-7-17(9-12-5-6-13(15)19-12)14(18)10-3-4-11(16)8-10/h2,5-6,10-11H,1,3-4,7-9,16H2/t10-,11-/m0/s1. The molecule has 1 aromatic heterocycles. The predicted octanol–water partition coefficient (Wildman–Crippen LogP) is 3.04. The van der Waals surface area contributed by atoms with Gasteiger partial charge in [0.25, 0.3) is 0 Å². The molecule has 2 N–H and O–H groups in total. The maximum Gasteiger partial charge on any atom is 0.226 e. The van der Waals surface area contributed by atoms with Crippen LogP contribution in [-0.2, 0) is 11.3 Å². The summed E-state index contributed by atoms with van der Waals surface area (Å²) in [4.78, 5) is 15.4. The van der Waals surface area contributed by atoms with Crippen molar-refractivity contribution in [2.24, 2.45) is 11.7 Å². The Morgan fingerprint density at radius 2 is 2.37 bits per heavy atom. The lowest BCUT2D eigenvalue weighted by atomic mass is 10.1. The normalized spacial score (nSPS) is 22.4. The highest BCUT2D eigenvalue weighted by Gasteiger charge is 2.30. The Hall–Kier alpha value is -0.840. The first-order valence-electron chi connectivity index (χ1n) is 6.49. The Bertz CT molecular complexity index is 460. The van der Waals surface area contributed by atoms with Crippen molar-refractivity contribution in [2.75, 3.05) is 6.54 Å². The third kappa shape index (κ3) is 3.81. The minimum atomic E-state index is 0.0744. The first-order chi connectivity index (χ1) is 9.10. The van der Waals surface area contributed by atoms with Crippen LogP contribution in [0.25, 0.3) is 0 Å². The van der Waals surface area contributed by atoms with E-state index >= 15 is 0 Å². The van der Waals surface area contributed by atoms with Crippen LogP contribution in [0.4, 0.5) is 0 Å². The fourth-order valence-corrected chi connectivity index (χ4v) is 3.62. The van der Waals surface area contributed by atoms with Crippen LogP contribution >= 0.6 is 22.9 Å². The number of nitrogens with zero attached hydrogens (tertiary/aromatic N) is 1. The van der Waals surface area contributed by atoms with E-state index in [9.17, 15) is 4.79 Å². The maximum atomic E-state index is 12.5. The van der Waals surface area contributed by atoms with Crippen molar-refractivity contribution in [3.63, 3.8) is 0 Å². The third-order valence-corrected chi connectivity index (χ3v) is 4.68. The molecule has 1 saturated carbocycles. The van der Waals surface area contributed by atoms with Crippen LogP contribution in [0.15, 0.2) is 24.8 Å². The molecule has 0 aliphatic heterocycles. The lowest BCUT2D eigenvalue weighted by Gasteiger charge is -2.24. The van der Waals surface area contributed by atoms with E-state index in [1.165, 1.54) is 11.3 Å². The second kappa shape index (κ2) is 6.55. The average Bonchev–Trinajstić information content (AvgIpc) is 2.97. The lowest BCUT2D eigenvalue weighted by molar-refractivity contribution is -0.135. The first kappa shape index (κ1) is 14.6. The molecule has 0 aromatic carbocycles. The lowest BCUT2D eigenvalue weighted by Crippen LogP contribution is -2.35. The average molecular weight is 299 g/mol. The Morgan fingerprint density at radius 1 is 1.58 bits per heavy atom. The zero-order chi connectivity index (χ0) is 13.8. The van der Waals surface area contributed by atoms with Gasteiger partial charge in [0.15, 0.2) is 0 Å². The number of carbonyl (C=O) groups excluding carboxylic acids is 1. The zero-order valence-electron chi connectivity index (χ0n) is 10.8. The van der Waals surface area contributed by atoms with Crippen LogP contribution < -0.4 is 5.73 Å². The van der Waals surface area contributed by atoms with Gasteiger partial charge in [-0.05, 0) is 31.4 Å². The van der Waals surface area contributed by atoms with E-state index < -0.39 is 0 Å². The summed E-state index contributed by atoms with van der Waals surface area (Å²) in [7, 11) is 0. The maximum absolute atomic E-state index is 12.5. The summed E-state index contributed by atoms with van der Waals surface area (Å²) in [6.07, 6.45) is 4.42. The Labute approximate surface area is 123 Å². The van der Waals surface area contributed by atoms with Gasteiger partial charge in [0.05, 0.1) is 10.9 Å². The molecule has 1 heterocycles. The van der Waals surface area contributed by atoms with Crippen LogP contribution in [0, 0.1) is 5.92 Å². The van der Waals surface area contributed by atoms with Crippen LogP contribution in [0.5, 0.6) is 0 Å². The van der Waals surface area contributed by atoms with E-state index in [-0.39, 0.29) is 17.9 Å². The molecular formula is C14H19ClN2OS. The number of hydrogen-bond donors (Lipinski definition) is 1. The minimum Gasteiger partial charge on any atom is -0.334 e. The van der Waals surface area contributed by atoms with Crippen molar-refractivity contribution in [1.82, 2.24) is 4.90 Å². The number of rotatable bonds is 5. The van der Waals surface area contributed by atoms with E-state index in [0.717, 1.165) is 28.5 Å². The molecule has 1 fully saturated rings. The van der Waals surface area contributed by atoms with Gasteiger partial charge in [0, 0.05) is 23.4 Å². The van der Waals surface area contributed by atoms with E-state index in [0.29, 0.717) is 13.1 Å². The van der Waals surface area contributed by atoms with Gasteiger partial charge in [-0.2, -0.15) is 0 Å². The molecule has 0 spiro atoms. The van der Waals surface area contributed by atoms with Gasteiger partial charge in [-0.1, -0.05) is 17.7 Å². The second-order valence-electron chi connectivity index (χ2n) is 4.98. The number of amides is 1. The molecule has 1 aromatic rings. The van der Waals surface area contributed by atoms with E-state index in [4.69, 9.17) is 17.3 Å². The minimum absolute atomic E-state index is 0.0744. The molecular weight excluding hydrogens is 280 g/mol. The fourth-order valence-electron chi connectivity index (χ4n) is 2.51. The van der Waals surface area contributed by atoms with Crippen molar-refractivity contribution < 1.29 is 4.79 Å².